The Morgan fingerprint density at radius 1 is 0.536 bits per heavy atom. The minimum Gasteiger partial charge on any atom is -0.267 e. The van der Waals surface area contributed by atoms with E-state index < -0.39 is 0 Å². The third kappa shape index (κ3) is 1.84. The Kier molecular flexibility index (Phi) is 3.15. The Balaban J connectivity index is 2.09. The molecule has 6 aromatic rings. The van der Waals surface area contributed by atoms with Gasteiger partial charge in [-0.15, -0.1) is 0 Å². The van der Waals surface area contributed by atoms with Gasteiger partial charge in [-0.1, -0.05) is 80.4 Å². The van der Waals surface area contributed by atoms with Gasteiger partial charge < -0.3 is 0 Å². The minimum absolute atomic E-state index is 0.303. The molecule has 0 saturated heterocycles. The van der Waals surface area contributed by atoms with E-state index in [-0.39, 0.29) is 11.1 Å². The molecule has 4 aromatic carbocycles. The van der Waals surface area contributed by atoms with Gasteiger partial charge in [-0.2, -0.15) is 4.52 Å². The summed E-state index contributed by atoms with van der Waals surface area (Å²) in [7, 11) is 0. The van der Waals surface area contributed by atoms with Crippen LogP contribution in [0.25, 0.3) is 43.4 Å². The predicted octanol–water partition coefficient (Wildman–Crippen LogP) is 5.33. The summed E-state index contributed by atoms with van der Waals surface area (Å²) in [5.74, 6) is 0. The molecule has 134 valence electrons. The smallest absolute Gasteiger partial charge is 0.267 e. The van der Waals surface area contributed by atoms with Gasteiger partial charge in [0.2, 0.25) is 0 Å². The lowest BCUT2D eigenvalue weighted by molar-refractivity contribution is 0.844. The number of nitrogens with zero attached hydrogens (tertiary/aromatic N) is 2. The Hall–Kier alpha value is -2.70. The highest BCUT2D eigenvalue weighted by atomic mass is 79.9. The molecule has 6 heteroatoms. The molecule has 6 rings (SSSR count). The SMILES string of the molecule is O=c1c2cc(Br)c3ccccc3c2n2c3c(cc(Br)c4ccccc43)c(=O)n12. The number of halogens is 2. The molecule has 28 heavy (non-hydrogen) atoms. The van der Waals surface area contributed by atoms with Crippen LogP contribution < -0.4 is 11.1 Å². The Morgan fingerprint density at radius 3 is 1.36 bits per heavy atom. The van der Waals surface area contributed by atoms with E-state index in [1.165, 1.54) is 4.52 Å². The molecular formula is C22H10Br2N2O2. The summed E-state index contributed by atoms with van der Waals surface area (Å²) < 4.78 is 4.73. The molecule has 0 fully saturated rings. The molecule has 4 nitrogen and oxygen atoms in total. The van der Waals surface area contributed by atoms with E-state index in [9.17, 15) is 9.59 Å². The van der Waals surface area contributed by atoms with Crippen molar-refractivity contribution in [3.8, 4) is 0 Å². The van der Waals surface area contributed by atoms with Crippen LogP contribution in [0.3, 0.4) is 0 Å². The van der Waals surface area contributed by atoms with Crippen molar-refractivity contribution in [1.82, 2.24) is 9.03 Å². The van der Waals surface area contributed by atoms with Crippen LogP contribution in [-0.4, -0.2) is 9.03 Å². The molecule has 2 heterocycles. The average molecular weight is 494 g/mol. The molecule has 0 amide bonds. The largest absolute Gasteiger partial charge is 0.282 e. The molecule has 0 aliphatic heterocycles. The van der Waals surface area contributed by atoms with Gasteiger partial charge in [0.15, 0.2) is 0 Å². The maximum absolute atomic E-state index is 13.2. The second-order valence-electron chi connectivity index (χ2n) is 6.83. The topological polar surface area (TPSA) is 43.0 Å². The summed E-state index contributed by atoms with van der Waals surface area (Å²) in [6.07, 6.45) is 0. The first-order valence-corrected chi connectivity index (χ1v) is 10.3. The molecule has 0 unspecified atom stereocenters. The first-order chi connectivity index (χ1) is 13.6. The Morgan fingerprint density at radius 2 is 0.929 bits per heavy atom. The predicted molar refractivity (Wildman–Crippen MR) is 120 cm³/mol. The van der Waals surface area contributed by atoms with Crippen LogP contribution >= 0.6 is 31.9 Å². The van der Waals surface area contributed by atoms with Crippen molar-refractivity contribution in [1.29, 1.82) is 0 Å². The maximum atomic E-state index is 13.2. The third-order valence-electron chi connectivity index (χ3n) is 5.40. The molecule has 0 bridgehead atoms. The molecular weight excluding hydrogens is 484 g/mol. The van der Waals surface area contributed by atoms with Crippen molar-refractivity contribution in [2.75, 3.05) is 0 Å². The van der Waals surface area contributed by atoms with Gasteiger partial charge in [-0.05, 0) is 22.9 Å². The van der Waals surface area contributed by atoms with Crippen molar-refractivity contribution in [3.05, 3.63) is 90.3 Å². The zero-order chi connectivity index (χ0) is 19.2. The number of benzene rings is 4. The van der Waals surface area contributed by atoms with Gasteiger partial charge in [0.1, 0.15) is 0 Å². The van der Waals surface area contributed by atoms with Crippen LogP contribution in [0.15, 0.2) is 79.2 Å². The molecule has 0 radical (unpaired) electrons. The maximum Gasteiger partial charge on any atom is 0.282 e. The fourth-order valence-electron chi connectivity index (χ4n) is 4.23. The van der Waals surface area contributed by atoms with E-state index in [2.05, 4.69) is 31.9 Å². The lowest BCUT2D eigenvalue weighted by Crippen LogP contribution is -2.21. The van der Waals surface area contributed by atoms with Crippen molar-refractivity contribution in [2.45, 2.75) is 0 Å². The van der Waals surface area contributed by atoms with E-state index in [1.54, 1.807) is 4.52 Å². The van der Waals surface area contributed by atoms with Crippen LogP contribution in [0.1, 0.15) is 0 Å². The first-order valence-electron chi connectivity index (χ1n) is 8.69. The summed E-state index contributed by atoms with van der Waals surface area (Å²) in [5.41, 5.74) is 0.900. The van der Waals surface area contributed by atoms with E-state index in [4.69, 9.17) is 0 Å². The average Bonchev–Trinajstić information content (AvgIpc) is 3.16. The van der Waals surface area contributed by atoms with Crippen LogP contribution in [-0.2, 0) is 0 Å². The van der Waals surface area contributed by atoms with Crippen molar-refractivity contribution >= 4 is 75.2 Å². The van der Waals surface area contributed by atoms with Crippen LogP contribution in [0.4, 0.5) is 0 Å². The fourth-order valence-corrected chi connectivity index (χ4v) is 5.38. The number of fused-ring (bicyclic) bond motifs is 9. The molecule has 0 aliphatic rings. The molecule has 0 spiro atoms. The summed E-state index contributed by atoms with van der Waals surface area (Å²) in [6.45, 7) is 0. The highest BCUT2D eigenvalue weighted by Gasteiger charge is 2.22. The van der Waals surface area contributed by atoms with Gasteiger partial charge in [0.25, 0.3) is 11.1 Å². The zero-order valence-electron chi connectivity index (χ0n) is 14.2. The monoisotopic (exact) mass is 492 g/mol. The highest BCUT2D eigenvalue weighted by Crippen LogP contribution is 2.35. The van der Waals surface area contributed by atoms with Crippen LogP contribution in [0, 0.1) is 0 Å². The zero-order valence-corrected chi connectivity index (χ0v) is 17.4. The molecule has 0 saturated carbocycles. The summed E-state index contributed by atoms with van der Waals surface area (Å²) >= 11 is 7.15. The standard InChI is InChI=1S/C22H10Br2N2O2/c23-17-9-15-19(13-7-3-1-5-11(13)17)25-20-14-8-4-2-6-12(14)18(24)10-16(20)22(28)26(25)21(15)27/h1-10H. The Bertz CT molecular complexity index is 1610. The van der Waals surface area contributed by atoms with Crippen molar-refractivity contribution < 1.29 is 0 Å². The number of hydrogen-bond donors (Lipinski definition) is 0. The van der Waals surface area contributed by atoms with Gasteiger partial charge in [0, 0.05) is 19.7 Å². The summed E-state index contributed by atoms with van der Waals surface area (Å²) in [4.78, 5) is 26.4. The lowest BCUT2D eigenvalue weighted by Gasteiger charge is -2.06. The van der Waals surface area contributed by atoms with Crippen LogP contribution in [0.5, 0.6) is 0 Å². The quantitative estimate of drug-likeness (QED) is 0.287. The van der Waals surface area contributed by atoms with E-state index in [0.29, 0.717) is 10.8 Å². The molecule has 2 aromatic heterocycles. The van der Waals surface area contributed by atoms with E-state index >= 15 is 0 Å². The summed E-state index contributed by atoms with van der Waals surface area (Å²) in [6, 6.07) is 19.4. The second-order valence-corrected chi connectivity index (χ2v) is 8.54. The summed E-state index contributed by atoms with van der Waals surface area (Å²) in [5, 5.41) is 4.90. The molecule has 0 aliphatic carbocycles. The van der Waals surface area contributed by atoms with Gasteiger partial charge in [-0.25, -0.2) is 4.52 Å². The van der Waals surface area contributed by atoms with Gasteiger partial charge in [-0.3, -0.25) is 9.59 Å². The highest BCUT2D eigenvalue weighted by molar-refractivity contribution is 9.11. The number of aromatic nitrogens is 2. The van der Waals surface area contributed by atoms with Crippen molar-refractivity contribution in [3.63, 3.8) is 0 Å². The molecule has 0 N–H and O–H groups in total. The lowest BCUT2D eigenvalue weighted by atomic mass is 10.1. The molecule has 0 atom stereocenters. The minimum atomic E-state index is -0.303. The van der Waals surface area contributed by atoms with E-state index in [1.807, 2.05) is 60.7 Å². The number of hydrogen-bond acceptors (Lipinski definition) is 2. The van der Waals surface area contributed by atoms with E-state index in [0.717, 1.165) is 41.5 Å². The first kappa shape index (κ1) is 16.3. The Labute approximate surface area is 174 Å². The van der Waals surface area contributed by atoms with Gasteiger partial charge >= 0.3 is 0 Å². The third-order valence-corrected chi connectivity index (χ3v) is 6.71. The normalized spacial score (nSPS) is 12.2. The number of rotatable bonds is 0. The fraction of sp³-hybridized carbons (Fsp3) is 0. The van der Waals surface area contributed by atoms with Crippen molar-refractivity contribution in [2.24, 2.45) is 0 Å². The van der Waals surface area contributed by atoms with Crippen LogP contribution in [0.2, 0.25) is 0 Å². The second kappa shape index (κ2) is 5.43. The van der Waals surface area contributed by atoms with Gasteiger partial charge in [0.05, 0.1) is 21.8 Å².